The summed E-state index contributed by atoms with van der Waals surface area (Å²) in [6.45, 7) is 0.612. The van der Waals surface area contributed by atoms with E-state index in [-0.39, 0.29) is 0 Å². The van der Waals surface area contributed by atoms with Gasteiger partial charge in [-0.25, -0.2) is 19.3 Å². The molecule has 15 heavy (non-hydrogen) atoms. The van der Waals surface area contributed by atoms with Crippen LogP contribution in [0.5, 0.6) is 0 Å². The van der Waals surface area contributed by atoms with E-state index in [2.05, 4.69) is 30.5 Å². The number of aromatic nitrogens is 5. The molecule has 0 atom stereocenters. The Hall–Kier alpha value is -2.05. The van der Waals surface area contributed by atoms with Crippen molar-refractivity contribution >= 4 is 5.95 Å². The van der Waals surface area contributed by atoms with Gasteiger partial charge in [-0.05, 0) is 0 Å². The van der Waals surface area contributed by atoms with E-state index in [4.69, 9.17) is 0 Å². The van der Waals surface area contributed by atoms with Gasteiger partial charge in [0.1, 0.15) is 12.2 Å². The minimum atomic E-state index is -0.448. The molecule has 0 radical (unpaired) electrons. The van der Waals surface area contributed by atoms with E-state index >= 15 is 0 Å². The van der Waals surface area contributed by atoms with E-state index in [0.717, 1.165) is 18.2 Å². The number of aromatic amines is 1. The third-order valence-corrected chi connectivity index (χ3v) is 1.73. The van der Waals surface area contributed by atoms with Crippen molar-refractivity contribution in [2.45, 2.75) is 6.42 Å². The summed E-state index contributed by atoms with van der Waals surface area (Å²) in [5.74, 6) is 0.733. The van der Waals surface area contributed by atoms with Crippen LogP contribution in [0.1, 0.15) is 5.82 Å². The Balaban J connectivity index is 1.81. The molecule has 0 bridgehead atoms. The van der Waals surface area contributed by atoms with Crippen molar-refractivity contribution in [2.24, 2.45) is 0 Å². The van der Waals surface area contributed by atoms with Crippen molar-refractivity contribution in [3.05, 3.63) is 30.4 Å². The predicted molar refractivity (Wildman–Crippen MR) is 50.6 cm³/mol. The van der Waals surface area contributed by atoms with Gasteiger partial charge in [0.2, 0.25) is 5.95 Å². The van der Waals surface area contributed by atoms with Crippen LogP contribution in [0, 0.1) is 5.82 Å². The van der Waals surface area contributed by atoms with Crippen molar-refractivity contribution in [3.8, 4) is 0 Å². The first-order chi connectivity index (χ1) is 7.34. The maximum atomic E-state index is 12.5. The summed E-state index contributed by atoms with van der Waals surface area (Å²) >= 11 is 0. The predicted octanol–water partition coefficient (Wildman–Crippen LogP) is 0.388. The Labute approximate surface area is 85.0 Å². The lowest BCUT2D eigenvalue weighted by molar-refractivity contribution is 0.614. The van der Waals surface area contributed by atoms with Gasteiger partial charge in [-0.15, -0.1) is 0 Å². The van der Waals surface area contributed by atoms with Gasteiger partial charge >= 0.3 is 0 Å². The summed E-state index contributed by atoms with van der Waals surface area (Å²) in [5.41, 5.74) is 0. The van der Waals surface area contributed by atoms with Crippen LogP contribution in [0.3, 0.4) is 0 Å². The molecule has 2 rings (SSSR count). The highest BCUT2D eigenvalue weighted by Gasteiger charge is 1.98. The fraction of sp³-hybridized carbons (Fsp3) is 0.250. The van der Waals surface area contributed by atoms with Crippen molar-refractivity contribution in [1.29, 1.82) is 0 Å². The Morgan fingerprint density at radius 2 is 2.07 bits per heavy atom. The van der Waals surface area contributed by atoms with Crippen LogP contribution in [-0.2, 0) is 6.42 Å². The number of anilines is 1. The zero-order valence-electron chi connectivity index (χ0n) is 7.81. The third kappa shape index (κ3) is 2.70. The van der Waals surface area contributed by atoms with Crippen LogP contribution in [0.25, 0.3) is 0 Å². The molecule has 0 amide bonds. The Kier molecular flexibility index (Phi) is 2.82. The molecule has 7 heteroatoms. The largest absolute Gasteiger partial charge is 0.354 e. The molecule has 2 heterocycles. The molecule has 0 fully saturated rings. The molecule has 0 saturated carbocycles. The number of rotatable bonds is 4. The number of nitrogens with one attached hydrogen (secondary N) is 2. The number of H-pyrrole nitrogens is 1. The molecule has 2 aromatic rings. The molecule has 6 nitrogen and oxygen atoms in total. The molecular formula is C8H9FN6. The zero-order chi connectivity index (χ0) is 10.5. The molecule has 2 N–H and O–H groups in total. The molecule has 2 aromatic heterocycles. The summed E-state index contributed by atoms with van der Waals surface area (Å²) in [6, 6.07) is 0. The van der Waals surface area contributed by atoms with E-state index in [1.165, 1.54) is 6.33 Å². The molecule has 0 spiro atoms. The summed E-state index contributed by atoms with van der Waals surface area (Å²) < 4.78 is 12.5. The lowest BCUT2D eigenvalue weighted by Crippen LogP contribution is -2.08. The first-order valence-corrected chi connectivity index (χ1v) is 4.40. The normalized spacial score (nSPS) is 10.2. The number of hydrogen-bond donors (Lipinski definition) is 2. The van der Waals surface area contributed by atoms with Crippen LogP contribution < -0.4 is 5.32 Å². The standard InChI is InChI=1S/C8H9FN6/c9-6-3-11-8(12-4-6)10-2-1-7-13-5-14-15-7/h3-5H,1-2H2,(H,10,11,12)(H,13,14,15). The van der Waals surface area contributed by atoms with Gasteiger partial charge in [-0.1, -0.05) is 0 Å². The molecule has 0 unspecified atom stereocenters. The van der Waals surface area contributed by atoms with Crippen LogP contribution in [0.2, 0.25) is 0 Å². The third-order valence-electron chi connectivity index (χ3n) is 1.73. The fourth-order valence-electron chi connectivity index (χ4n) is 1.05. The quantitative estimate of drug-likeness (QED) is 0.759. The smallest absolute Gasteiger partial charge is 0.222 e. The van der Waals surface area contributed by atoms with Crippen molar-refractivity contribution in [1.82, 2.24) is 25.1 Å². The summed E-state index contributed by atoms with van der Waals surface area (Å²) in [4.78, 5) is 11.5. The number of hydrogen-bond acceptors (Lipinski definition) is 5. The van der Waals surface area contributed by atoms with Crippen LogP contribution >= 0.6 is 0 Å². The van der Waals surface area contributed by atoms with Crippen LogP contribution in [0.15, 0.2) is 18.7 Å². The molecule has 0 aliphatic heterocycles. The Morgan fingerprint density at radius 1 is 1.27 bits per heavy atom. The van der Waals surface area contributed by atoms with E-state index in [1.54, 1.807) is 0 Å². The highest BCUT2D eigenvalue weighted by Crippen LogP contribution is 1.98. The molecule has 0 aliphatic rings. The Bertz CT molecular complexity index is 398. The highest BCUT2D eigenvalue weighted by molar-refractivity contribution is 5.22. The van der Waals surface area contributed by atoms with Gasteiger partial charge in [0.15, 0.2) is 5.82 Å². The monoisotopic (exact) mass is 208 g/mol. The molecule has 0 saturated heterocycles. The molecule has 0 aromatic carbocycles. The first-order valence-electron chi connectivity index (χ1n) is 4.40. The van der Waals surface area contributed by atoms with Crippen molar-refractivity contribution < 1.29 is 4.39 Å². The lowest BCUT2D eigenvalue weighted by Gasteiger charge is -2.01. The summed E-state index contributed by atoms with van der Waals surface area (Å²) in [5, 5.41) is 9.38. The van der Waals surface area contributed by atoms with Gasteiger partial charge < -0.3 is 5.32 Å². The van der Waals surface area contributed by atoms with Crippen molar-refractivity contribution in [3.63, 3.8) is 0 Å². The fourth-order valence-corrected chi connectivity index (χ4v) is 1.05. The average Bonchev–Trinajstić information content (AvgIpc) is 2.74. The highest BCUT2D eigenvalue weighted by atomic mass is 19.1. The molecular weight excluding hydrogens is 199 g/mol. The second-order valence-corrected chi connectivity index (χ2v) is 2.83. The molecule has 78 valence electrons. The van der Waals surface area contributed by atoms with E-state index in [0.29, 0.717) is 18.9 Å². The maximum Gasteiger partial charge on any atom is 0.222 e. The number of halogens is 1. The van der Waals surface area contributed by atoms with E-state index < -0.39 is 5.82 Å². The molecule has 0 aliphatic carbocycles. The van der Waals surface area contributed by atoms with Crippen molar-refractivity contribution in [2.75, 3.05) is 11.9 Å². The zero-order valence-corrected chi connectivity index (χ0v) is 7.81. The SMILES string of the molecule is Fc1cnc(NCCc2ncn[nH]2)nc1. The summed E-state index contributed by atoms with van der Waals surface area (Å²) in [6.07, 6.45) is 4.36. The van der Waals surface area contributed by atoms with E-state index in [9.17, 15) is 4.39 Å². The van der Waals surface area contributed by atoms with Crippen LogP contribution in [0.4, 0.5) is 10.3 Å². The minimum absolute atomic E-state index is 0.399. The first kappa shape index (κ1) is 9.50. The maximum absolute atomic E-state index is 12.5. The topological polar surface area (TPSA) is 79.4 Å². The lowest BCUT2D eigenvalue weighted by atomic mass is 10.4. The number of nitrogens with zero attached hydrogens (tertiary/aromatic N) is 4. The summed E-state index contributed by atoms with van der Waals surface area (Å²) in [7, 11) is 0. The van der Waals surface area contributed by atoms with Gasteiger partial charge in [0, 0.05) is 13.0 Å². The van der Waals surface area contributed by atoms with E-state index in [1.807, 2.05) is 0 Å². The second-order valence-electron chi connectivity index (χ2n) is 2.83. The van der Waals surface area contributed by atoms with Gasteiger partial charge in [-0.2, -0.15) is 5.10 Å². The van der Waals surface area contributed by atoms with Gasteiger partial charge in [0.25, 0.3) is 0 Å². The van der Waals surface area contributed by atoms with Crippen LogP contribution in [-0.4, -0.2) is 31.7 Å². The second kappa shape index (κ2) is 4.45. The van der Waals surface area contributed by atoms with Gasteiger partial charge in [0.05, 0.1) is 12.4 Å². The van der Waals surface area contributed by atoms with Gasteiger partial charge in [-0.3, -0.25) is 5.10 Å². The minimum Gasteiger partial charge on any atom is -0.354 e. The Morgan fingerprint density at radius 3 is 2.73 bits per heavy atom. The average molecular weight is 208 g/mol.